The largest absolute Gasteiger partial charge is 0.496 e. The SMILES string of the molecule is COc1ccccc1CN(C)c1cc(N)cc(Cl)n1. The molecule has 0 atom stereocenters. The van der Waals surface area contributed by atoms with Crippen molar-refractivity contribution >= 4 is 23.1 Å². The average molecular weight is 278 g/mol. The average Bonchev–Trinajstić information content (AvgIpc) is 2.38. The van der Waals surface area contributed by atoms with Crippen molar-refractivity contribution in [1.82, 2.24) is 4.98 Å². The van der Waals surface area contributed by atoms with Gasteiger partial charge in [-0.25, -0.2) is 4.98 Å². The van der Waals surface area contributed by atoms with Gasteiger partial charge < -0.3 is 15.4 Å². The first kappa shape index (κ1) is 13.5. The van der Waals surface area contributed by atoms with Crippen LogP contribution in [0.2, 0.25) is 5.15 Å². The molecule has 1 heterocycles. The number of para-hydroxylation sites is 1. The molecular weight excluding hydrogens is 262 g/mol. The summed E-state index contributed by atoms with van der Waals surface area (Å²) in [5, 5.41) is 0.391. The molecule has 2 aromatic rings. The van der Waals surface area contributed by atoms with E-state index in [9.17, 15) is 0 Å². The summed E-state index contributed by atoms with van der Waals surface area (Å²) in [7, 11) is 3.60. The molecule has 0 unspecified atom stereocenters. The number of aromatic nitrogens is 1. The van der Waals surface area contributed by atoms with E-state index >= 15 is 0 Å². The number of nitrogen functional groups attached to an aromatic ring is 1. The normalized spacial score (nSPS) is 10.3. The number of nitrogens with two attached hydrogens (primary N) is 1. The molecule has 0 aliphatic carbocycles. The summed E-state index contributed by atoms with van der Waals surface area (Å²) in [5.41, 5.74) is 7.45. The molecule has 0 fully saturated rings. The summed E-state index contributed by atoms with van der Waals surface area (Å²) in [6, 6.07) is 11.3. The number of rotatable bonds is 4. The third-order valence-corrected chi connectivity index (χ3v) is 2.99. The van der Waals surface area contributed by atoms with Crippen molar-refractivity contribution in [3.63, 3.8) is 0 Å². The van der Waals surface area contributed by atoms with E-state index in [0.29, 0.717) is 17.4 Å². The van der Waals surface area contributed by atoms with Crippen molar-refractivity contribution in [2.75, 3.05) is 24.8 Å². The van der Waals surface area contributed by atoms with Crippen LogP contribution in [0, 0.1) is 0 Å². The Kier molecular flexibility index (Phi) is 4.12. The summed E-state index contributed by atoms with van der Waals surface area (Å²) >= 11 is 5.91. The van der Waals surface area contributed by atoms with E-state index in [1.54, 1.807) is 19.2 Å². The molecule has 1 aromatic carbocycles. The molecule has 2 rings (SSSR count). The summed E-state index contributed by atoms with van der Waals surface area (Å²) in [5.74, 6) is 1.58. The van der Waals surface area contributed by atoms with Gasteiger partial charge in [-0.15, -0.1) is 0 Å². The van der Waals surface area contributed by atoms with E-state index in [1.807, 2.05) is 36.2 Å². The summed E-state index contributed by atoms with van der Waals surface area (Å²) in [4.78, 5) is 6.23. The molecule has 0 aliphatic heterocycles. The van der Waals surface area contributed by atoms with Gasteiger partial charge >= 0.3 is 0 Å². The Morgan fingerprint density at radius 1 is 1.32 bits per heavy atom. The van der Waals surface area contributed by atoms with Crippen molar-refractivity contribution in [2.24, 2.45) is 0 Å². The Bertz CT molecular complexity index is 554. The van der Waals surface area contributed by atoms with Gasteiger partial charge in [0.05, 0.1) is 7.11 Å². The molecule has 5 heteroatoms. The second-order valence-electron chi connectivity index (χ2n) is 4.25. The maximum Gasteiger partial charge on any atom is 0.133 e. The predicted molar refractivity (Wildman–Crippen MR) is 78.8 cm³/mol. The number of hydrogen-bond donors (Lipinski definition) is 1. The maximum absolute atomic E-state index is 5.91. The Morgan fingerprint density at radius 2 is 2.05 bits per heavy atom. The van der Waals surface area contributed by atoms with Gasteiger partial charge in [-0.2, -0.15) is 0 Å². The molecule has 0 saturated carbocycles. The zero-order valence-corrected chi connectivity index (χ0v) is 11.7. The molecular formula is C14H16ClN3O. The lowest BCUT2D eigenvalue weighted by molar-refractivity contribution is 0.409. The minimum absolute atomic E-state index is 0.391. The molecule has 1 aromatic heterocycles. The van der Waals surface area contributed by atoms with E-state index < -0.39 is 0 Å². The zero-order valence-electron chi connectivity index (χ0n) is 10.9. The van der Waals surface area contributed by atoms with Gasteiger partial charge in [-0.05, 0) is 12.1 Å². The minimum Gasteiger partial charge on any atom is -0.496 e. The first-order chi connectivity index (χ1) is 9.10. The number of nitrogens with zero attached hydrogens (tertiary/aromatic N) is 2. The van der Waals surface area contributed by atoms with Crippen LogP contribution in [0.1, 0.15) is 5.56 Å². The van der Waals surface area contributed by atoms with Crippen LogP contribution in [0.3, 0.4) is 0 Å². The zero-order chi connectivity index (χ0) is 13.8. The van der Waals surface area contributed by atoms with Crippen LogP contribution in [0.4, 0.5) is 11.5 Å². The van der Waals surface area contributed by atoms with Crippen LogP contribution in [-0.2, 0) is 6.54 Å². The minimum atomic E-state index is 0.391. The Balaban J connectivity index is 2.22. The first-order valence-electron chi connectivity index (χ1n) is 5.86. The van der Waals surface area contributed by atoms with E-state index in [4.69, 9.17) is 22.1 Å². The summed E-state index contributed by atoms with van der Waals surface area (Å²) in [6.07, 6.45) is 0. The Labute approximate surface area is 117 Å². The molecule has 19 heavy (non-hydrogen) atoms. The van der Waals surface area contributed by atoms with Crippen LogP contribution < -0.4 is 15.4 Å². The maximum atomic E-state index is 5.91. The van der Waals surface area contributed by atoms with Crippen LogP contribution in [0.25, 0.3) is 0 Å². The quantitative estimate of drug-likeness (QED) is 0.873. The monoisotopic (exact) mass is 277 g/mol. The Morgan fingerprint density at radius 3 is 2.74 bits per heavy atom. The third-order valence-electron chi connectivity index (χ3n) is 2.79. The van der Waals surface area contributed by atoms with Crippen LogP contribution >= 0.6 is 11.6 Å². The van der Waals surface area contributed by atoms with E-state index in [2.05, 4.69) is 4.98 Å². The molecule has 0 aliphatic rings. The molecule has 0 spiro atoms. The van der Waals surface area contributed by atoms with E-state index in [0.717, 1.165) is 17.1 Å². The van der Waals surface area contributed by atoms with Gasteiger partial charge in [0.25, 0.3) is 0 Å². The third kappa shape index (κ3) is 3.29. The van der Waals surface area contributed by atoms with Crippen LogP contribution in [0.5, 0.6) is 5.75 Å². The van der Waals surface area contributed by atoms with Gasteiger partial charge in [0, 0.05) is 30.9 Å². The highest BCUT2D eigenvalue weighted by Crippen LogP contribution is 2.23. The van der Waals surface area contributed by atoms with Gasteiger partial charge in [0.15, 0.2) is 0 Å². The lowest BCUT2D eigenvalue weighted by Crippen LogP contribution is -2.18. The van der Waals surface area contributed by atoms with Crippen molar-refractivity contribution in [1.29, 1.82) is 0 Å². The second kappa shape index (κ2) is 5.80. The second-order valence-corrected chi connectivity index (χ2v) is 4.64. The molecule has 0 radical (unpaired) electrons. The van der Waals surface area contributed by atoms with E-state index in [1.165, 1.54) is 0 Å². The topological polar surface area (TPSA) is 51.4 Å². The van der Waals surface area contributed by atoms with E-state index in [-0.39, 0.29) is 0 Å². The fourth-order valence-corrected chi connectivity index (χ4v) is 2.08. The van der Waals surface area contributed by atoms with Crippen molar-refractivity contribution in [2.45, 2.75) is 6.54 Å². The number of hydrogen-bond acceptors (Lipinski definition) is 4. The standard InChI is InChI=1S/C14H16ClN3O/c1-18(14-8-11(16)7-13(15)17-14)9-10-5-3-4-6-12(10)19-2/h3-8H,9H2,1-2H3,(H2,16,17). The number of ether oxygens (including phenoxy) is 1. The number of anilines is 2. The number of halogens is 1. The van der Waals surface area contributed by atoms with Crippen LogP contribution in [-0.4, -0.2) is 19.1 Å². The lowest BCUT2D eigenvalue weighted by Gasteiger charge is -2.20. The smallest absolute Gasteiger partial charge is 0.133 e. The first-order valence-corrected chi connectivity index (χ1v) is 6.24. The lowest BCUT2D eigenvalue weighted by atomic mass is 10.2. The van der Waals surface area contributed by atoms with Gasteiger partial charge in [0.2, 0.25) is 0 Å². The molecule has 0 amide bonds. The van der Waals surface area contributed by atoms with Crippen molar-refractivity contribution < 1.29 is 4.74 Å². The van der Waals surface area contributed by atoms with Gasteiger partial charge in [0.1, 0.15) is 16.7 Å². The van der Waals surface area contributed by atoms with Gasteiger partial charge in [-0.1, -0.05) is 29.8 Å². The Hall–Kier alpha value is -1.94. The predicted octanol–water partition coefficient (Wildman–Crippen LogP) is 2.96. The van der Waals surface area contributed by atoms with Crippen molar-refractivity contribution in [3.05, 3.63) is 47.1 Å². The van der Waals surface area contributed by atoms with Crippen molar-refractivity contribution in [3.8, 4) is 5.75 Å². The highest BCUT2D eigenvalue weighted by atomic mass is 35.5. The molecule has 0 bridgehead atoms. The highest BCUT2D eigenvalue weighted by molar-refractivity contribution is 6.29. The number of methoxy groups -OCH3 is 1. The highest BCUT2D eigenvalue weighted by Gasteiger charge is 2.09. The molecule has 2 N–H and O–H groups in total. The molecule has 4 nitrogen and oxygen atoms in total. The number of pyridine rings is 1. The number of benzene rings is 1. The fraction of sp³-hybridized carbons (Fsp3) is 0.214. The van der Waals surface area contributed by atoms with Crippen LogP contribution in [0.15, 0.2) is 36.4 Å². The summed E-state index contributed by atoms with van der Waals surface area (Å²) < 4.78 is 5.33. The fourth-order valence-electron chi connectivity index (χ4n) is 1.87. The van der Waals surface area contributed by atoms with Gasteiger partial charge in [-0.3, -0.25) is 0 Å². The molecule has 0 saturated heterocycles. The molecule has 100 valence electrons. The summed E-state index contributed by atoms with van der Waals surface area (Å²) in [6.45, 7) is 0.663.